The average Bonchev–Trinajstić information content (AvgIpc) is 3.11. The van der Waals surface area contributed by atoms with Crippen molar-refractivity contribution in [3.63, 3.8) is 0 Å². The molecule has 0 spiro atoms. The minimum Gasteiger partial charge on any atom is -0.371 e. The van der Waals surface area contributed by atoms with Crippen molar-refractivity contribution >= 4 is 27.3 Å². The highest BCUT2D eigenvalue weighted by atomic mass is 32.2. The molecule has 0 fully saturated rings. The molecule has 0 aliphatic carbocycles. The predicted molar refractivity (Wildman–Crippen MR) is 117 cm³/mol. The largest absolute Gasteiger partial charge is 0.371 e. The fourth-order valence-corrected chi connectivity index (χ4v) is 5.49. The van der Waals surface area contributed by atoms with Crippen LogP contribution in [0.4, 0.5) is 11.4 Å². The van der Waals surface area contributed by atoms with E-state index in [1.54, 1.807) is 32.9 Å². The Kier molecular flexibility index (Phi) is 6.29. The molecule has 1 aliphatic rings. The zero-order valence-corrected chi connectivity index (χ0v) is 18.3. The Labute approximate surface area is 173 Å². The maximum absolute atomic E-state index is 12.9. The number of benzene rings is 2. The molecule has 1 N–H and O–H groups in total. The molecule has 0 radical (unpaired) electrons. The summed E-state index contributed by atoms with van der Waals surface area (Å²) in [7, 11) is -3.63. The van der Waals surface area contributed by atoms with E-state index in [9.17, 15) is 13.2 Å². The summed E-state index contributed by atoms with van der Waals surface area (Å²) in [5.41, 5.74) is 4.10. The summed E-state index contributed by atoms with van der Waals surface area (Å²) in [6, 6.07) is 10.8. The quantitative estimate of drug-likeness (QED) is 0.749. The van der Waals surface area contributed by atoms with Crippen molar-refractivity contribution in [3.8, 4) is 0 Å². The second-order valence-electron chi connectivity index (χ2n) is 7.20. The number of likely N-dealkylation sites (N-methyl/N-ethyl adjacent to an activating group) is 1. The summed E-state index contributed by atoms with van der Waals surface area (Å²) >= 11 is 0. The number of hydrogen-bond acceptors (Lipinski definition) is 4. The SMILES string of the molecule is CCN1CCc2ccc(NC(=O)c3ccc(C)c(S(=O)(=O)N(CC)CC)c3)cc21. The summed E-state index contributed by atoms with van der Waals surface area (Å²) in [6.07, 6.45) is 1.02. The number of fused-ring (bicyclic) bond motifs is 1. The Hall–Kier alpha value is -2.38. The van der Waals surface area contributed by atoms with Crippen molar-refractivity contribution in [1.82, 2.24) is 4.31 Å². The lowest BCUT2D eigenvalue weighted by atomic mass is 10.1. The third-order valence-electron chi connectivity index (χ3n) is 5.49. The predicted octanol–water partition coefficient (Wildman–Crippen LogP) is 3.66. The van der Waals surface area contributed by atoms with Gasteiger partial charge in [-0.2, -0.15) is 4.31 Å². The molecule has 7 heteroatoms. The molecular weight excluding hydrogens is 386 g/mol. The maximum Gasteiger partial charge on any atom is 0.255 e. The van der Waals surface area contributed by atoms with Gasteiger partial charge in [0.2, 0.25) is 10.0 Å². The first-order valence-corrected chi connectivity index (χ1v) is 11.6. The number of nitrogens with one attached hydrogen (secondary N) is 1. The first kappa shape index (κ1) is 21.3. The summed E-state index contributed by atoms with van der Waals surface area (Å²) in [5, 5.41) is 2.91. The molecule has 0 aromatic heterocycles. The fourth-order valence-electron chi connectivity index (χ4n) is 3.78. The zero-order valence-electron chi connectivity index (χ0n) is 17.5. The van der Waals surface area contributed by atoms with Crippen LogP contribution in [0, 0.1) is 6.92 Å². The maximum atomic E-state index is 12.9. The number of sulfonamides is 1. The third-order valence-corrected chi connectivity index (χ3v) is 7.68. The van der Waals surface area contributed by atoms with Crippen LogP contribution in [-0.2, 0) is 16.4 Å². The second-order valence-corrected chi connectivity index (χ2v) is 9.10. The van der Waals surface area contributed by atoms with Crippen LogP contribution < -0.4 is 10.2 Å². The Morgan fingerprint density at radius 3 is 2.48 bits per heavy atom. The van der Waals surface area contributed by atoms with Crippen LogP contribution in [0.25, 0.3) is 0 Å². The van der Waals surface area contributed by atoms with Gasteiger partial charge in [-0.05, 0) is 55.7 Å². The van der Waals surface area contributed by atoms with Gasteiger partial charge in [-0.1, -0.05) is 26.0 Å². The second kappa shape index (κ2) is 8.55. The number of rotatable bonds is 7. The van der Waals surface area contributed by atoms with E-state index < -0.39 is 10.0 Å². The van der Waals surface area contributed by atoms with Crippen LogP contribution in [0.15, 0.2) is 41.3 Å². The summed E-state index contributed by atoms with van der Waals surface area (Å²) in [4.78, 5) is 15.3. The molecule has 0 atom stereocenters. The van der Waals surface area contributed by atoms with Gasteiger partial charge in [0, 0.05) is 43.1 Å². The Balaban J connectivity index is 1.88. The van der Waals surface area contributed by atoms with Gasteiger partial charge in [0.25, 0.3) is 5.91 Å². The van der Waals surface area contributed by atoms with Gasteiger partial charge in [0.1, 0.15) is 0 Å². The van der Waals surface area contributed by atoms with Gasteiger partial charge < -0.3 is 10.2 Å². The van der Waals surface area contributed by atoms with Gasteiger partial charge in [-0.25, -0.2) is 8.42 Å². The van der Waals surface area contributed by atoms with Gasteiger partial charge in [-0.15, -0.1) is 0 Å². The van der Waals surface area contributed by atoms with Crippen LogP contribution in [0.2, 0.25) is 0 Å². The van der Waals surface area contributed by atoms with Gasteiger partial charge >= 0.3 is 0 Å². The molecule has 1 aliphatic heterocycles. The van der Waals surface area contributed by atoms with Crippen LogP contribution in [-0.4, -0.2) is 44.8 Å². The molecule has 6 nitrogen and oxygen atoms in total. The molecule has 29 heavy (non-hydrogen) atoms. The van der Waals surface area contributed by atoms with Gasteiger partial charge in [0.15, 0.2) is 0 Å². The average molecular weight is 416 g/mol. The lowest BCUT2D eigenvalue weighted by Crippen LogP contribution is -2.31. The number of nitrogens with zero attached hydrogens (tertiary/aromatic N) is 2. The van der Waals surface area contributed by atoms with Crippen molar-refractivity contribution in [1.29, 1.82) is 0 Å². The first-order chi connectivity index (χ1) is 13.8. The topological polar surface area (TPSA) is 69.7 Å². The smallest absolute Gasteiger partial charge is 0.255 e. The third kappa shape index (κ3) is 4.16. The minimum atomic E-state index is -3.63. The monoisotopic (exact) mass is 415 g/mol. The zero-order chi connectivity index (χ0) is 21.2. The summed E-state index contributed by atoms with van der Waals surface area (Å²) in [6.45, 7) is 10.2. The molecular formula is C22H29N3O3S. The van der Waals surface area contributed by atoms with Crippen LogP contribution in [0.1, 0.15) is 42.3 Å². The van der Waals surface area contributed by atoms with E-state index in [1.807, 2.05) is 18.2 Å². The number of carbonyl (C=O) groups excluding carboxylic acids is 1. The van der Waals surface area contributed by atoms with Crippen molar-refractivity contribution in [2.75, 3.05) is 36.4 Å². The summed E-state index contributed by atoms with van der Waals surface area (Å²) < 4.78 is 27.3. The standard InChI is InChI=1S/C22H29N3O3S/c1-5-24-13-12-17-10-11-19(15-20(17)24)23-22(26)18-9-8-16(4)21(14-18)29(27,28)25(6-2)7-3/h8-11,14-15H,5-7,12-13H2,1-4H3,(H,23,26). The molecule has 0 saturated heterocycles. The van der Waals surface area contributed by atoms with Gasteiger partial charge in [-0.3, -0.25) is 4.79 Å². The molecule has 2 aromatic carbocycles. The van der Waals surface area contributed by atoms with Crippen molar-refractivity contribution in [3.05, 3.63) is 53.1 Å². The molecule has 3 rings (SSSR count). The van der Waals surface area contributed by atoms with Crippen molar-refractivity contribution in [2.24, 2.45) is 0 Å². The molecule has 0 bridgehead atoms. The number of hydrogen-bond donors (Lipinski definition) is 1. The highest BCUT2D eigenvalue weighted by molar-refractivity contribution is 7.89. The molecule has 2 aromatic rings. The van der Waals surface area contributed by atoms with E-state index in [1.165, 1.54) is 15.9 Å². The minimum absolute atomic E-state index is 0.181. The number of amides is 1. The highest BCUT2D eigenvalue weighted by Crippen LogP contribution is 2.31. The Morgan fingerprint density at radius 2 is 1.83 bits per heavy atom. The van der Waals surface area contributed by atoms with E-state index in [2.05, 4.69) is 17.1 Å². The van der Waals surface area contributed by atoms with E-state index in [0.717, 1.165) is 25.2 Å². The Bertz CT molecular complexity index is 1010. The summed E-state index contributed by atoms with van der Waals surface area (Å²) in [5.74, 6) is -0.318. The number of carbonyl (C=O) groups is 1. The van der Waals surface area contributed by atoms with E-state index in [4.69, 9.17) is 0 Å². The molecule has 0 saturated carbocycles. The Morgan fingerprint density at radius 1 is 1.10 bits per heavy atom. The first-order valence-electron chi connectivity index (χ1n) is 10.1. The fraction of sp³-hybridized carbons (Fsp3) is 0.409. The number of anilines is 2. The normalized spacial score (nSPS) is 13.6. The lowest BCUT2D eigenvalue weighted by Gasteiger charge is -2.20. The van der Waals surface area contributed by atoms with Crippen LogP contribution >= 0.6 is 0 Å². The van der Waals surface area contributed by atoms with E-state index in [0.29, 0.717) is 29.9 Å². The van der Waals surface area contributed by atoms with E-state index in [-0.39, 0.29) is 10.8 Å². The molecule has 0 unspecified atom stereocenters. The van der Waals surface area contributed by atoms with Crippen molar-refractivity contribution in [2.45, 2.75) is 39.0 Å². The van der Waals surface area contributed by atoms with Crippen LogP contribution in [0.3, 0.4) is 0 Å². The molecule has 1 amide bonds. The van der Waals surface area contributed by atoms with Gasteiger partial charge in [0.05, 0.1) is 4.90 Å². The molecule has 1 heterocycles. The highest BCUT2D eigenvalue weighted by Gasteiger charge is 2.25. The van der Waals surface area contributed by atoms with Crippen molar-refractivity contribution < 1.29 is 13.2 Å². The van der Waals surface area contributed by atoms with Crippen LogP contribution in [0.5, 0.6) is 0 Å². The van der Waals surface area contributed by atoms with E-state index >= 15 is 0 Å². The lowest BCUT2D eigenvalue weighted by molar-refractivity contribution is 0.102. The number of aryl methyl sites for hydroxylation is 1. The molecule has 156 valence electrons.